The van der Waals surface area contributed by atoms with E-state index in [0.29, 0.717) is 0 Å². The standard InChI is InChI=1S/C12H15ClN2/c1-15-8-10(13)12-9(5-3-7-14)4-2-6-11(12)15/h2,4,6,8H,3,5,7,14H2,1H3. The molecule has 2 aromatic rings. The van der Waals surface area contributed by atoms with Crippen LogP contribution in [0.2, 0.25) is 5.02 Å². The lowest BCUT2D eigenvalue weighted by Crippen LogP contribution is -2.00. The molecular formula is C12H15ClN2. The Morgan fingerprint density at radius 1 is 1.40 bits per heavy atom. The number of hydrogen-bond donors (Lipinski definition) is 1. The number of fused-ring (bicyclic) bond motifs is 1. The molecule has 1 aromatic carbocycles. The van der Waals surface area contributed by atoms with E-state index in [2.05, 4.69) is 22.8 Å². The minimum absolute atomic E-state index is 0.723. The van der Waals surface area contributed by atoms with Crippen molar-refractivity contribution in [1.82, 2.24) is 4.57 Å². The molecule has 1 aromatic heterocycles. The summed E-state index contributed by atoms with van der Waals surface area (Å²) in [4.78, 5) is 0. The van der Waals surface area contributed by atoms with E-state index in [4.69, 9.17) is 17.3 Å². The highest BCUT2D eigenvalue weighted by Crippen LogP contribution is 2.28. The number of halogens is 1. The van der Waals surface area contributed by atoms with E-state index in [9.17, 15) is 0 Å². The van der Waals surface area contributed by atoms with Crippen molar-refractivity contribution in [3.8, 4) is 0 Å². The molecule has 15 heavy (non-hydrogen) atoms. The molecule has 0 atom stereocenters. The number of aromatic nitrogens is 1. The molecule has 80 valence electrons. The summed E-state index contributed by atoms with van der Waals surface area (Å²) in [5.74, 6) is 0. The molecule has 0 saturated carbocycles. The molecule has 3 heteroatoms. The minimum Gasteiger partial charge on any atom is -0.349 e. The van der Waals surface area contributed by atoms with Crippen LogP contribution in [0.5, 0.6) is 0 Å². The second-order valence-electron chi connectivity index (χ2n) is 3.79. The largest absolute Gasteiger partial charge is 0.349 e. The van der Waals surface area contributed by atoms with Crippen LogP contribution in [0.15, 0.2) is 24.4 Å². The third kappa shape index (κ3) is 1.87. The van der Waals surface area contributed by atoms with E-state index >= 15 is 0 Å². The zero-order chi connectivity index (χ0) is 10.8. The van der Waals surface area contributed by atoms with Gasteiger partial charge in [-0.15, -0.1) is 0 Å². The van der Waals surface area contributed by atoms with Gasteiger partial charge >= 0.3 is 0 Å². The molecule has 2 rings (SSSR count). The average Bonchev–Trinajstić information content (AvgIpc) is 2.53. The fraction of sp³-hybridized carbons (Fsp3) is 0.333. The van der Waals surface area contributed by atoms with Gasteiger partial charge < -0.3 is 10.3 Å². The van der Waals surface area contributed by atoms with Crippen LogP contribution in [0.4, 0.5) is 0 Å². The van der Waals surface area contributed by atoms with Crippen molar-refractivity contribution in [1.29, 1.82) is 0 Å². The first-order chi connectivity index (χ1) is 7.24. The van der Waals surface area contributed by atoms with Gasteiger partial charge in [0.2, 0.25) is 0 Å². The fourth-order valence-corrected chi connectivity index (χ4v) is 2.33. The number of aryl methyl sites for hydroxylation is 2. The van der Waals surface area contributed by atoms with E-state index in [0.717, 1.165) is 24.4 Å². The molecule has 0 amide bonds. The summed E-state index contributed by atoms with van der Waals surface area (Å²) in [5, 5.41) is 2.01. The van der Waals surface area contributed by atoms with Crippen molar-refractivity contribution in [2.24, 2.45) is 12.8 Å². The monoisotopic (exact) mass is 222 g/mol. The van der Waals surface area contributed by atoms with Crippen LogP contribution >= 0.6 is 11.6 Å². The zero-order valence-corrected chi connectivity index (χ0v) is 9.59. The maximum absolute atomic E-state index is 6.21. The highest BCUT2D eigenvalue weighted by molar-refractivity contribution is 6.35. The molecule has 1 heterocycles. The molecule has 0 aliphatic carbocycles. The zero-order valence-electron chi connectivity index (χ0n) is 8.83. The van der Waals surface area contributed by atoms with Crippen LogP contribution in [-0.2, 0) is 13.5 Å². The summed E-state index contributed by atoms with van der Waals surface area (Å²) in [6, 6.07) is 6.29. The van der Waals surface area contributed by atoms with E-state index in [1.165, 1.54) is 16.5 Å². The van der Waals surface area contributed by atoms with Gasteiger partial charge in [0.15, 0.2) is 0 Å². The number of benzene rings is 1. The number of hydrogen-bond acceptors (Lipinski definition) is 1. The van der Waals surface area contributed by atoms with Crippen LogP contribution in [0.3, 0.4) is 0 Å². The predicted octanol–water partition coefficient (Wildman–Crippen LogP) is 2.72. The average molecular weight is 223 g/mol. The molecule has 0 fully saturated rings. The molecule has 2 nitrogen and oxygen atoms in total. The Morgan fingerprint density at radius 2 is 2.20 bits per heavy atom. The smallest absolute Gasteiger partial charge is 0.0664 e. The number of rotatable bonds is 3. The summed E-state index contributed by atoms with van der Waals surface area (Å²) >= 11 is 6.21. The van der Waals surface area contributed by atoms with Gasteiger partial charge in [0.1, 0.15) is 0 Å². The van der Waals surface area contributed by atoms with Gasteiger partial charge in [-0.05, 0) is 31.0 Å². The summed E-state index contributed by atoms with van der Waals surface area (Å²) in [5.41, 5.74) is 8.01. The molecule has 0 radical (unpaired) electrons. The molecule has 2 N–H and O–H groups in total. The SMILES string of the molecule is Cn1cc(Cl)c2c(CCCN)cccc21. The van der Waals surface area contributed by atoms with E-state index in [-0.39, 0.29) is 0 Å². The lowest BCUT2D eigenvalue weighted by Gasteiger charge is -2.03. The maximum Gasteiger partial charge on any atom is 0.0664 e. The lowest BCUT2D eigenvalue weighted by atomic mass is 10.1. The highest BCUT2D eigenvalue weighted by atomic mass is 35.5. The summed E-state index contributed by atoms with van der Waals surface area (Å²) < 4.78 is 2.06. The number of nitrogens with two attached hydrogens (primary N) is 1. The third-order valence-electron chi connectivity index (χ3n) is 2.70. The Morgan fingerprint density at radius 3 is 2.93 bits per heavy atom. The van der Waals surface area contributed by atoms with E-state index in [1.54, 1.807) is 0 Å². The van der Waals surface area contributed by atoms with E-state index < -0.39 is 0 Å². The van der Waals surface area contributed by atoms with Gasteiger partial charge in [-0.3, -0.25) is 0 Å². The van der Waals surface area contributed by atoms with Gasteiger partial charge in [0, 0.05) is 24.1 Å². The van der Waals surface area contributed by atoms with Crippen molar-refractivity contribution < 1.29 is 0 Å². The second kappa shape index (κ2) is 4.25. The number of nitrogens with zero attached hydrogens (tertiary/aromatic N) is 1. The van der Waals surface area contributed by atoms with Gasteiger partial charge in [-0.25, -0.2) is 0 Å². The molecule has 0 aliphatic heterocycles. The topological polar surface area (TPSA) is 30.9 Å². The molecule has 0 unspecified atom stereocenters. The van der Waals surface area contributed by atoms with Crippen LogP contribution in [0.1, 0.15) is 12.0 Å². The Kier molecular flexibility index (Phi) is 2.98. The first-order valence-electron chi connectivity index (χ1n) is 5.16. The van der Waals surface area contributed by atoms with Crippen molar-refractivity contribution >= 4 is 22.5 Å². The van der Waals surface area contributed by atoms with Gasteiger partial charge in [0.05, 0.1) is 5.02 Å². The molecular weight excluding hydrogens is 208 g/mol. The summed E-state index contributed by atoms with van der Waals surface area (Å²) in [7, 11) is 2.01. The lowest BCUT2D eigenvalue weighted by molar-refractivity contribution is 0.837. The van der Waals surface area contributed by atoms with Crippen LogP contribution in [0.25, 0.3) is 10.9 Å². The molecule has 0 spiro atoms. The van der Waals surface area contributed by atoms with Gasteiger partial charge in [0.25, 0.3) is 0 Å². The third-order valence-corrected chi connectivity index (χ3v) is 2.99. The Hall–Kier alpha value is -0.990. The molecule has 0 saturated heterocycles. The van der Waals surface area contributed by atoms with Crippen molar-refractivity contribution in [2.75, 3.05) is 6.54 Å². The van der Waals surface area contributed by atoms with Gasteiger partial charge in [-0.1, -0.05) is 23.7 Å². The fourth-order valence-electron chi connectivity index (χ4n) is 1.96. The normalized spacial score (nSPS) is 11.1. The highest BCUT2D eigenvalue weighted by Gasteiger charge is 2.08. The van der Waals surface area contributed by atoms with E-state index in [1.807, 2.05) is 13.2 Å². The Labute approximate surface area is 94.6 Å². The van der Waals surface area contributed by atoms with Crippen LogP contribution in [-0.4, -0.2) is 11.1 Å². The van der Waals surface area contributed by atoms with Crippen LogP contribution < -0.4 is 5.73 Å². The Bertz CT molecular complexity index is 474. The Balaban J connectivity index is 2.54. The molecule has 0 aliphatic rings. The minimum atomic E-state index is 0.723. The summed E-state index contributed by atoms with van der Waals surface area (Å²) in [6.07, 6.45) is 3.96. The predicted molar refractivity (Wildman–Crippen MR) is 65.3 cm³/mol. The van der Waals surface area contributed by atoms with Crippen molar-refractivity contribution in [2.45, 2.75) is 12.8 Å². The summed E-state index contributed by atoms with van der Waals surface area (Å²) in [6.45, 7) is 0.723. The molecule has 0 bridgehead atoms. The van der Waals surface area contributed by atoms with Crippen molar-refractivity contribution in [3.05, 3.63) is 35.0 Å². The van der Waals surface area contributed by atoms with Crippen LogP contribution in [0, 0.1) is 0 Å². The van der Waals surface area contributed by atoms with Gasteiger partial charge in [-0.2, -0.15) is 0 Å². The maximum atomic E-state index is 6.21. The quantitative estimate of drug-likeness (QED) is 0.851. The second-order valence-corrected chi connectivity index (χ2v) is 4.20. The van der Waals surface area contributed by atoms with Crippen molar-refractivity contribution in [3.63, 3.8) is 0 Å². The first-order valence-corrected chi connectivity index (χ1v) is 5.54. The first kappa shape index (κ1) is 10.5.